The Balaban J connectivity index is 2.67. The number of carbonyl (C=O) groups is 1. The Hall–Kier alpha value is -1.59. The fourth-order valence-electron chi connectivity index (χ4n) is 1.27. The molecule has 2 nitrogen and oxygen atoms in total. The number of aryl methyl sites for hydroxylation is 2. The smallest absolute Gasteiger partial charge is 0.176 e. The van der Waals surface area contributed by atoms with Crippen LogP contribution in [0, 0.1) is 26.2 Å². The predicted octanol–water partition coefficient (Wildman–Crippen LogP) is 1.71. The molecule has 0 bridgehead atoms. The van der Waals surface area contributed by atoms with Crippen molar-refractivity contribution in [3.8, 4) is 12.3 Å². The summed E-state index contributed by atoms with van der Waals surface area (Å²) < 4.78 is 0. The number of benzene rings is 1. The third-order valence-electron chi connectivity index (χ3n) is 2.34. The summed E-state index contributed by atoms with van der Waals surface area (Å²) in [6.45, 7) is 4.75. The van der Waals surface area contributed by atoms with Gasteiger partial charge in [0.05, 0.1) is 13.1 Å². The minimum atomic E-state index is 0.0772. The summed E-state index contributed by atoms with van der Waals surface area (Å²) in [6.07, 6.45) is 5.07. The van der Waals surface area contributed by atoms with Gasteiger partial charge in [0, 0.05) is 5.56 Å². The molecular weight excluding hydrogens is 186 g/mol. The lowest BCUT2D eigenvalue weighted by Crippen LogP contribution is -2.23. The number of nitrogens with one attached hydrogen (secondary N) is 1. The molecule has 1 rings (SSSR count). The van der Waals surface area contributed by atoms with Gasteiger partial charge in [-0.2, -0.15) is 0 Å². The van der Waals surface area contributed by atoms with E-state index in [1.54, 1.807) is 0 Å². The summed E-state index contributed by atoms with van der Waals surface area (Å²) in [4.78, 5) is 11.7. The second-order valence-electron chi connectivity index (χ2n) is 3.53. The Morgan fingerprint density at radius 3 is 2.73 bits per heavy atom. The average molecular weight is 201 g/mol. The maximum atomic E-state index is 11.7. The molecule has 0 fully saturated rings. The molecule has 0 saturated heterocycles. The van der Waals surface area contributed by atoms with Crippen molar-refractivity contribution in [1.82, 2.24) is 5.32 Å². The van der Waals surface area contributed by atoms with E-state index < -0.39 is 0 Å². The second-order valence-corrected chi connectivity index (χ2v) is 3.53. The molecule has 0 aliphatic heterocycles. The van der Waals surface area contributed by atoms with Gasteiger partial charge in [0.1, 0.15) is 0 Å². The lowest BCUT2D eigenvalue weighted by atomic mass is 10.0. The lowest BCUT2D eigenvalue weighted by Gasteiger charge is -2.04. The van der Waals surface area contributed by atoms with Gasteiger partial charge in [-0.05, 0) is 31.0 Å². The van der Waals surface area contributed by atoms with Crippen molar-refractivity contribution in [2.24, 2.45) is 0 Å². The van der Waals surface area contributed by atoms with E-state index in [-0.39, 0.29) is 5.78 Å². The summed E-state index contributed by atoms with van der Waals surface area (Å²) >= 11 is 0. The van der Waals surface area contributed by atoms with Crippen LogP contribution in [0.2, 0.25) is 0 Å². The van der Waals surface area contributed by atoms with Crippen LogP contribution in [0.4, 0.5) is 0 Å². The van der Waals surface area contributed by atoms with Crippen molar-refractivity contribution in [3.05, 3.63) is 34.9 Å². The Bertz CT molecular complexity index is 401. The van der Waals surface area contributed by atoms with Gasteiger partial charge >= 0.3 is 0 Å². The average Bonchev–Trinajstić information content (AvgIpc) is 2.22. The highest BCUT2D eigenvalue weighted by atomic mass is 16.1. The Morgan fingerprint density at radius 1 is 1.40 bits per heavy atom. The van der Waals surface area contributed by atoms with E-state index in [0.29, 0.717) is 13.1 Å². The molecule has 1 aromatic rings. The van der Waals surface area contributed by atoms with Crippen molar-refractivity contribution in [2.45, 2.75) is 13.8 Å². The van der Waals surface area contributed by atoms with E-state index in [2.05, 4.69) is 11.2 Å². The van der Waals surface area contributed by atoms with E-state index in [4.69, 9.17) is 6.42 Å². The topological polar surface area (TPSA) is 29.1 Å². The first-order valence-electron chi connectivity index (χ1n) is 4.90. The van der Waals surface area contributed by atoms with Crippen LogP contribution in [0.3, 0.4) is 0 Å². The monoisotopic (exact) mass is 201 g/mol. The number of rotatable bonds is 4. The number of ketones is 1. The molecule has 0 spiro atoms. The molecule has 1 aromatic carbocycles. The first-order valence-corrected chi connectivity index (χ1v) is 4.90. The van der Waals surface area contributed by atoms with Crippen molar-refractivity contribution in [2.75, 3.05) is 13.1 Å². The fourth-order valence-corrected chi connectivity index (χ4v) is 1.27. The quantitative estimate of drug-likeness (QED) is 0.456. The molecule has 0 aliphatic rings. The van der Waals surface area contributed by atoms with E-state index in [9.17, 15) is 4.79 Å². The molecule has 0 saturated carbocycles. The zero-order valence-electron chi connectivity index (χ0n) is 9.13. The minimum Gasteiger partial charge on any atom is -0.299 e. The number of carbonyl (C=O) groups excluding carboxylic acids is 1. The molecule has 0 aliphatic carbocycles. The van der Waals surface area contributed by atoms with E-state index in [1.807, 2.05) is 32.0 Å². The van der Waals surface area contributed by atoms with Gasteiger partial charge in [0.15, 0.2) is 5.78 Å². The molecule has 1 N–H and O–H groups in total. The van der Waals surface area contributed by atoms with E-state index in [0.717, 1.165) is 11.1 Å². The van der Waals surface area contributed by atoms with Crippen LogP contribution in [0.15, 0.2) is 18.2 Å². The van der Waals surface area contributed by atoms with Crippen LogP contribution in [-0.2, 0) is 0 Å². The highest BCUT2D eigenvalue weighted by Gasteiger charge is 2.05. The van der Waals surface area contributed by atoms with Crippen LogP contribution >= 0.6 is 0 Å². The number of hydrogen-bond donors (Lipinski definition) is 1. The number of hydrogen-bond acceptors (Lipinski definition) is 2. The number of Topliss-reactive ketones (excluding diaryl/α,β-unsaturated/α-hetero) is 1. The fraction of sp³-hybridized carbons (Fsp3) is 0.308. The van der Waals surface area contributed by atoms with Gasteiger partial charge in [-0.1, -0.05) is 18.1 Å². The Kier molecular flexibility index (Phi) is 4.08. The molecular formula is C13H15NO. The predicted molar refractivity (Wildman–Crippen MR) is 61.9 cm³/mol. The molecule has 0 amide bonds. The van der Waals surface area contributed by atoms with Gasteiger partial charge in [0.25, 0.3) is 0 Å². The zero-order valence-corrected chi connectivity index (χ0v) is 9.13. The third-order valence-corrected chi connectivity index (χ3v) is 2.34. The summed E-state index contributed by atoms with van der Waals surface area (Å²) in [5, 5.41) is 2.88. The highest BCUT2D eigenvalue weighted by Crippen LogP contribution is 2.09. The van der Waals surface area contributed by atoms with Gasteiger partial charge in [-0.25, -0.2) is 0 Å². The summed E-state index contributed by atoms with van der Waals surface area (Å²) in [6, 6.07) is 5.72. The van der Waals surface area contributed by atoms with E-state index >= 15 is 0 Å². The maximum absolute atomic E-state index is 11.7. The minimum absolute atomic E-state index is 0.0772. The van der Waals surface area contributed by atoms with Crippen LogP contribution in [0.25, 0.3) is 0 Å². The standard InChI is InChI=1S/C13H15NO/c1-4-7-14-9-13(15)12-6-5-10(2)11(3)8-12/h1,5-6,8,14H,7,9H2,2-3H3. The van der Waals surface area contributed by atoms with E-state index in [1.165, 1.54) is 5.56 Å². The zero-order chi connectivity index (χ0) is 11.3. The molecule has 78 valence electrons. The highest BCUT2D eigenvalue weighted by molar-refractivity contribution is 5.97. The van der Waals surface area contributed by atoms with Crippen LogP contribution in [0.5, 0.6) is 0 Å². The molecule has 0 heterocycles. The second kappa shape index (κ2) is 5.33. The molecule has 0 unspecified atom stereocenters. The molecule has 0 aromatic heterocycles. The summed E-state index contributed by atoms with van der Waals surface area (Å²) in [5.74, 6) is 2.51. The van der Waals surface area contributed by atoms with Crippen molar-refractivity contribution in [3.63, 3.8) is 0 Å². The SMILES string of the molecule is C#CCNCC(=O)c1ccc(C)c(C)c1. The first kappa shape index (κ1) is 11.5. The Morgan fingerprint density at radius 2 is 2.13 bits per heavy atom. The van der Waals surface area contributed by atoms with Gasteiger partial charge in [0.2, 0.25) is 0 Å². The molecule has 2 heteroatoms. The number of terminal acetylenes is 1. The van der Waals surface area contributed by atoms with Crippen molar-refractivity contribution < 1.29 is 4.79 Å². The molecule has 0 radical (unpaired) electrons. The Labute approximate surface area is 90.7 Å². The normalized spacial score (nSPS) is 9.67. The van der Waals surface area contributed by atoms with Crippen LogP contribution in [-0.4, -0.2) is 18.9 Å². The maximum Gasteiger partial charge on any atom is 0.176 e. The molecule has 0 atom stereocenters. The largest absolute Gasteiger partial charge is 0.299 e. The van der Waals surface area contributed by atoms with Crippen LogP contribution in [0.1, 0.15) is 21.5 Å². The van der Waals surface area contributed by atoms with Gasteiger partial charge in [-0.15, -0.1) is 6.42 Å². The molecule has 15 heavy (non-hydrogen) atoms. The summed E-state index contributed by atoms with van der Waals surface area (Å²) in [7, 11) is 0. The lowest BCUT2D eigenvalue weighted by molar-refractivity contribution is 0.0992. The van der Waals surface area contributed by atoms with Crippen molar-refractivity contribution in [1.29, 1.82) is 0 Å². The third kappa shape index (κ3) is 3.23. The van der Waals surface area contributed by atoms with Crippen LogP contribution < -0.4 is 5.32 Å². The van der Waals surface area contributed by atoms with Crippen molar-refractivity contribution >= 4 is 5.78 Å². The van der Waals surface area contributed by atoms with Gasteiger partial charge < -0.3 is 0 Å². The summed E-state index contributed by atoms with van der Waals surface area (Å²) in [5.41, 5.74) is 3.07. The first-order chi connectivity index (χ1) is 7.15. The van der Waals surface area contributed by atoms with Gasteiger partial charge in [-0.3, -0.25) is 10.1 Å².